The molecule has 1 rings (SSSR count). The Hall–Kier alpha value is -1.06. The first-order chi connectivity index (χ1) is 4.66. The molecule has 0 aliphatic carbocycles. The normalized spacial score (nSPS) is 32.2. The van der Waals surface area contributed by atoms with Crippen LogP contribution in [-0.4, -0.2) is 36.5 Å². The van der Waals surface area contributed by atoms with Crippen LogP contribution in [0.2, 0.25) is 0 Å². The average molecular weight is 143 g/mol. The van der Waals surface area contributed by atoms with Crippen LogP contribution in [0, 0.1) is 0 Å². The first-order valence-corrected chi connectivity index (χ1v) is 3.05. The second-order valence-corrected chi connectivity index (χ2v) is 2.33. The number of amides is 1. The lowest BCUT2D eigenvalue weighted by molar-refractivity contribution is -0.111. The van der Waals surface area contributed by atoms with Crippen LogP contribution in [0.4, 0.5) is 4.79 Å². The van der Waals surface area contributed by atoms with Crippen molar-refractivity contribution in [1.82, 2.24) is 4.90 Å². The van der Waals surface area contributed by atoms with Crippen molar-refractivity contribution in [1.29, 1.82) is 0 Å². The number of rotatable bonds is 1. The van der Waals surface area contributed by atoms with E-state index < -0.39 is 12.1 Å². The lowest BCUT2D eigenvalue weighted by Gasteiger charge is -2.10. The predicted molar refractivity (Wildman–Crippen MR) is 33.6 cm³/mol. The number of carbonyl (C=O) groups excluding carboxylic acids is 2. The number of ether oxygens (including phenoxy) is 1. The van der Waals surface area contributed by atoms with Gasteiger partial charge in [0.25, 0.3) is 0 Å². The number of cyclic esters (lactones) is 1. The van der Waals surface area contributed by atoms with Crippen LogP contribution in [0.5, 0.6) is 0 Å². The number of carbonyl (C=O) groups is 2. The minimum Gasteiger partial charge on any atom is -0.444 e. The fourth-order valence-electron chi connectivity index (χ4n) is 0.950. The Balaban J connectivity index is 2.73. The Labute approximate surface area is 58.8 Å². The summed E-state index contributed by atoms with van der Waals surface area (Å²) in [6.45, 7) is 1.69. The summed E-state index contributed by atoms with van der Waals surface area (Å²) in [7, 11) is 1.55. The average Bonchev–Trinajstić information content (AvgIpc) is 2.09. The van der Waals surface area contributed by atoms with Crippen molar-refractivity contribution < 1.29 is 14.3 Å². The molecule has 0 N–H and O–H groups in total. The van der Waals surface area contributed by atoms with Gasteiger partial charge < -0.3 is 9.53 Å². The van der Waals surface area contributed by atoms with Gasteiger partial charge in [0.15, 0.2) is 0 Å². The third-order valence-electron chi connectivity index (χ3n) is 1.64. The zero-order valence-corrected chi connectivity index (χ0v) is 5.90. The molecule has 10 heavy (non-hydrogen) atoms. The van der Waals surface area contributed by atoms with Crippen LogP contribution in [-0.2, 0) is 9.53 Å². The van der Waals surface area contributed by atoms with E-state index >= 15 is 0 Å². The fourth-order valence-corrected chi connectivity index (χ4v) is 0.950. The highest BCUT2D eigenvalue weighted by atomic mass is 16.6. The van der Waals surface area contributed by atoms with Crippen molar-refractivity contribution >= 4 is 12.4 Å². The second-order valence-electron chi connectivity index (χ2n) is 2.33. The Kier molecular flexibility index (Phi) is 1.61. The molecule has 1 aliphatic heterocycles. The van der Waals surface area contributed by atoms with Crippen LogP contribution in [0.3, 0.4) is 0 Å². The van der Waals surface area contributed by atoms with Gasteiger partial charge in [-0.2, -0.15) is 0 Å². The van der Waals surface area contributed by atoms with Gasteiger partial charge in [0.05, 0.1) is 0 Å². The van der Waals surface area contributed by atoms with E-state index in [1.807, 2.05) is 0 Å². The monoisotopic (exact) mass is 143 g/mol. The molecule has 4 heteroatoms. The topological polar surface area (TPSA) is 46.6 Å². The van der Waals surface area contributed by atoms with Gasteiger partial charge in [-0.15, -0.1) is 0 Å². The largest absolute Gasteiger partial charge is 0.444 e. The van der Waals surface area contributed by atoms with Gasteiger partial charge in [-0.1, -0.05) is 0 Å². The van der Waals surface area contributed by atoms with Crippen molar-refractivity contribution in [3.8, 4) is 0 Å². The number of hydrogen-bond donors (Lipinski definition) is 0. The highest BCUT2D eigenvalue weighted by molar-refractivity contribution is 5.77. The second kappa shape index (κ2) is 2.28. The molecule has 0 unspecified atom stereocenters. The molecule has 56 valence electrons. The maximum Gasteiger partial charge on any atom is 0.410 e. The number of aldehydes is 1. The zero-order valence-electron chi connectivity index (χ0n) is 5.90. The molecule has 0 aromatic heterocycles. The first kappa shape index (κ1) is 7.05. The van der Waals surface area contributed by atoms with Gasteiger partial charge in [0.1, 0.15) is 18.4 Å². The van der Waals surface area contributed by atoms with E-state index in [1.165, 1.54) is 4.90 Å². The molecule has 0 saturated carbocycles. The zero-order chi connectivity index (χ0) is 7.72. The molecule has 0 radical (unpaired) electrons. The lowest BCUT2D eigenvalue weighted by atomic mass is 10.2. The van der Waals surface area contributed by atoms with Crippen molar-refractivity contribution in [2.75, 3.05) is 7.05 Å². The highest BCUT2D eigenvalue weighted by Gasteiger charge is 2.35. The Morgan fingerprint density at radius 1 is 1.70 bits per heavy atom. The molecular formula is C6H9NO3. The molecule has 1 fully saturated rings. The van der Waals surface area contributed by atoms with E-state index in [0.29, 0.717) is 0 Å². The summed E-state index contributed by atoms with van der Waals surface area (Å²) in [6, 6.07) is -0.410. The summed E-state index contributed by atoms with van der Waals surface area (Å²) < 4.78 is 4.73. The molecular weight excluding hydrogens is 134 g/mol. The number of nitrogens with zero attached hydrogens (tertiary/aromatic N) is 1. The van der Waals surface area contributed by atoms with Crippen LogP contribution in [0.15, 0.2) is 0 Å². The standard InChI is InChI=1S/C6H9NO3/c1-4-5(3-8)7(2)6(9)10-4/h3-5H,1-2H3/t4-,5+/m1/s1. The van der Waals surface area contributed by atoms with E-state index in [2.05, 4.69) is 0 Å². The maximum atomic E-state index is 10.7. The van der Waals surface area contributed by atoms with E-state index in [9.17, 15) is 9.59 Å². The summed E-state index contributed by atoms with van der Waals surface area (Å²) in [5.41, 5.74) is 0. The maximum absolute atomic E-state index is 10.7. The molecule has 1 heterocycles. The van der Waals surface area contributed by atoms with Gasteiger partial charge in [0, 0.05) is 7.05 Å². The molecule has 4 nitrogen and oxygen atoms in total. The molecule has 1 aliphatic rings. The Morgan fingerprint density at radius 3 is 2.50 bits per heavy atom. The Bertz CT molecular complexity index is 168. The van der Waals surface area contributed by atoms with Crippen molar-refractivity contribution in [2.45, 2.75) is 19.1 Å². The van der Waals surface area contributed by atoms with E-state index in [1.54, 1.807) is 14.0 Å². The van der Waals surface area contributed by atoms with Gasteiger partial charge >= 0.3 is 6.09 Å². The molecule has 0 spiro atoms. The van der Waals surface area contributed by atoms with Crippen LogP contribution >= 0.6 is 0 Å². The molecule has 0 aromatic carbocycles. The molecule has 1 saturated heterocycles. The van der Waals surface area contributed by atoms with E-state index in [4.69, 9.17) is 4.74 Å². The SMILES string of the molecule is C[C@H]1OC(=O)N(C)[C@H]1C=O. The molecule has 0 aromatic rings. The van der Waals surface area contributed by atoms with Gasteiger partial charge in [-0.3, -0.25) is 4.90 Å². The Morgan fingerprint density at radius 2 is 2.30 bits per heavy atom. The van der Waals surface area contributed by atoms with Crippen molar-refractivity contribution in [3.63, 3.8) is 0 Å². The summed E-state index contributed by atoms with van der Waals surface area (Å²) in [4.78, 5) is 22.3. The summed E-state index contributed by atoms with van der Waals surface area (Å²) in [5, 5.41) is 0. The summed E-state index contributed by atoms with van der Waals surface area (Å²) in [6.07, 6.45) is -0.0187. The quantitative estimate of drug-likeness (QED) is 0.486. The van der Waals surface area contributed by atoms with Crippen LogP contribution in [0.25, 0.3) is 0 Å². The molecule has 1 amide bonds. The van der Waals surface area contributed by atoms with Crippen LogP contribution < -0.4 is 0 Å². The first-order valence-electron chi connectivity index (χ1n) is 3.05. The third-order valence-corrected chi connectivity index (χ3v) is 1.64. The number of hydrogen-bond acceptors (Lipinski definition) is 3. The highest BCUT2D eigenvalue weighted by Crippen LogP contribution is 2.14. The summed E-state index contributed by atoms with van der Waals surface area (Å²) in [5.74, 6) is 0. The third kappa shape index (κ3) is 0.853. The van der Waals surface area contributed by atoms with Gasteiger partial charge in [0.2, 0.25) is 0 Å². The van der Waals surface area contributed by atoms with Gasteiger partial charge in [-0.05, 0) is 6.92 Å². The smallest absolute Gasteiger partial charge is 0.410 e. The predicted octanol–water partition coefficient (Wildman–Crippen LogP) is 0.0244. The fraction of sp³-hybridized carbons (Fsp3) is 0.667. The van der Waals surface area contributed by atoms with Gasteiger partial charge in [-0.25, -0.2) is 4.79 Å². The lowest BCUT2D eigenvalue weighted by Crippen LogP contribution is -2.33. The minimum absolute atomic E-state index is 0.310. The molecule has 0 bridgehead atoms. The van der Waals surface area contributed by atoms with Crippen LogP contribution in [0.1, 0.15) is 6.92 Å². The summed E-state index contributed by atoms with van der Waals surface area (Å²) >= 11 is 0. The van der Waals surface area contributed by atoms with E-state index in [0.717, 1.165) is 6.29 Å². The number of likely N-dealkylation sites (N-methyl/N-ethyl adjacent to an activating group) is 1. The molecule has 2 atom stereocenters. The van der Waals surface area contributed by atoms with E-state index in [-0.39, 0.29) is 6.10 Å². The van der Waals surface area contributed by atoms with Crippen molar-refractivity contribution in [3.05, 3.63) is 0 Å². The van der Waals surface area contributed by atoms with Crippen molar-refractivity contribution in [2.24, 2.45) is 0 Å². The minimum atomic E-state index is -0.426.